The Morgan fingerprint density at radius 2 is 1.09 bits per heavy atom. The fourth-order valence-corrected chi connectivity index (χ4v) is 4.83. The Morgan fingerprint density at radius 1 is 0.696 bits per heavy atom. The zero-order valence-corrected chi connectivity index (χ0v) is 15.8. The number of hydrogen-bond donors (Lipinski definition) is 1. The van der Waals surface area contributed by atoms with Gasteiger partial charge < -0.3 is 0 Å². The fourth-order valence-electron chi connectivity index (χ4n) is 3.03. The maximum Gasteiger partial charge on any atom is 0.262 e. The predicted molar refractivity (Wildman–Crippen MR) is 96.9 cm³/mol. The van der Waals surface area contributed by atoms with Crippen LogP contribution in [0.25, 0.3) is 0 Å². The Kier molecular flexibility index (Phi) is 4.58. The quantitative estimate of drug-likeness (QED) is 0.890. The molecule has 0 aliphatic carbocycles. The molecule has 23 heavy (non-hydrogen) atoms. The Bertz CT molecular complexity index is 831. The average Bonchev–Trinajstić information content (AvgIpc) is 2.47. The van der Waals surface area contributed by atoms with E-state index >= 15 is 0 Å². The topological polar surface area (TPSA) is 46.2 Å². The van der Waals surface area contributed by atoms with Crippen molar-refractivity contribution in [2.45, 2.75) is 53.4 Å². The molecule has 0 amide bonds. The Hall–Kier alpha value is -1.81. The summed E-state index contributed by atoms with van der Waals surface area (Å²) in [6.07, 6.45) is 0. The molecule has 2 rings (SSSR count). The first kappa shape index (κ1) is 17.5. The van der Waals surface area contributed by atoms with E-state index < -0.39 is 10.0 Å². The molecule has 0 heterocycles. The lowest BCUT2D eigenvalue weighted by Gasteiger charge is -2.20. The van der Waals surface area contributed by atoms with Gasteiger partial charge in [-0.25, -0.2) is 8.42 Å². The highest BCUT2D eigenvalue weighted by atomic mass is 32.2. The summed E-state index contributed by atoms with van der Waals surface area (Å²) in [6, 6.07) is 5.76. The van der Waals surface area contributed by atoms with Crippen molar-refractivity contribution in [3.63, 3.8) is 0 Å². The minimum atomic E-state index is -3.63. The molecule has 1 N–H and O–H groups in total. The van der Waals surface area contributed by atoms with Gasteiger partial charge in [0.05, 0.1) is 10.6 Å². The first-order valence-corrected chi connectivity index (χ1v) is 9.22. The van der Waals surface area contributed by atoms with Crippen LogP contribution in [0.5, 0.6) is 0 Å². The molecule has 0 radical (unpaired) electrons. The fraction of sp³-hybridized carbons (Fsp3) is 0.368. The third kappa shape index (κ3) is 3.00. The second-order valence-electron chi connectivity index (χ2n) is 6.33. The van der Waals surface area contributed by atoms with Gasteiger partial charge >= 0.3 is 0 Å². The molecule has 0 aromatic heterocycles. The third-order valence-corrected chi connectivity index (χ3v) is 6.54. The van der Waals surface area contributed by atoms with E-state index in [4.69, 9.17) is 0 Å². The summed E-state index contributed by atoms with van der Waals surface area (Å²) in [7, 11) is -3.63. The second-order valence-corrected chi connectivity index (χ2v) is 7.95. The second kappa shape index (κ2) is 6.00. The Morgan fingerprint density at radius 3 is 1.52 bits per heavy atom. The van der Waals surface area contributed by atoms with E-state index in [1.165, 1.54) is 0 Å². The zero-order chi connectivity index (χ0) is 17.5. The number of benzene rings is 2. The van der Waals surface area contributed by atoms with E-state index in [1.807, 2.05) is 66.7 Å². The number of anilines is 1. The van der Waals surface area contributed by atoms with E-state index in [0.29, 0.717) is 10.6 Å². The third-order valence-electron chi connectivity index (χ3n) is 4.92. The van der Waals surface area contributed by atoms with Gasteiger partial charge in [0.25, 0.3) is 10.0 Å². The molecule has 124 valence electrons. The van der Waals surface area contributed by atoms with Crippen LogP contribution in [0.3, 0.4) is 0 Å². The van der Waals surface area contributed by atoms with Crippen molar-refractivity contribution in [3.05, 3.63) is 57.1 Å². The van der Waals surface area contributed by atoms with Crippen molar-refractivity contribution in [1.82, 2.24) is 0 Å². The summed E-state index contributed by atoms with van der Waals surface area (Å²) in [4.78, 5) is 0.403. The minimum Gasteiger partial charge on any atom is -0.279 e. The highest BCUT2D eigenvalue weighted by molar-refractivity contribution is 7.92. The van der Waals surface area contributed by atoms with Crippen LogP contribution in [0.2, 0.25) is 0 Å². The number of aryl methyl sites for hydroxylation is 2. The number of para-hydroxylation sites is 1. The first-order valence-electron chi connectivity index (χ1n) is 7.74. The van der Waals surface area contributed by atoms with Crippen LogP contribution >= 0.6 is 0 Å². The smallest absolute Gasteiger partial charge is 0.262 e. The van der Waals surface area contributed by atoms with Gasteiger partial charge in [-0.15, -0.1) is 0 Å². The Labute approximate surface area is 139 Å². The highest BCUT2D eigenvalue weighted by Crippen LogP contribution is 2.32. The summed E-state index contributed by atoms with van der Waals surface area (Å²) >= 11 is 0. The molecular formula is C19H25NO2S. The summed E-state index contributed by atoms with van der Waals surface area (Å²) in [5, 5.41) is 0. The van der Waals surface area contributed by atoms with Crippen molar-refractivity contribution < 1.29 is 8.42 Å². The molecule has 0 aliphatic heterocycles. The average molecular weight is 331 g/mol. The lowest BCUT2D eigenvalue weighted by molar-refractivity contribution is 0.599. The molecule has 2 aromatic rings. The van der Waals surface area contributed by atoms with Gasteiger partial charge in [0.15, 0.2) is 0 Å². The molecule has 2 aromatic carbocycles. The number of sulfonamides is 1. The van der Waals surface area contributed by atoms with Crippen LogP contribution in [0, 0.1) is 48.5 Å². The van der Waals surface area contributed by atoms with Crippen LogP contribution < -0.4 is 4.72 Å². The monoisotopic (exact) mass is 331 g/mol. The lowest BCUT2D eigenvalue weighted by Crippen LogP contribution is -2.18. The molecule has 0 atom stereocenters. The van der Waals surface area contributed by atoms with Crippen LogP contribution in [0.1, 0.15) is 38.9 Å². The summed E-state index contributed by atoms with van der Waals surface area (Å²) in [5.41, 5.74) is 7.39. The van der Waals surface area contributed by atoms with E-state index in [1.54, 1.807) is 0 Å². The predicted octanol–water partition coefficient (Wildman–Crippen LogP) is 4.65. The van der Waals surface area contributed by atoms with Crippen LogP contribution in [-0.2, 0) is 10.0 Å². The molecular weight excluding hydrogens is 306 g/mol. The molecule has 0 spiro atoms. The van der Waals surface area contributed by atoms with Gasteiger partial charge in [-0.2, -0.15) is 0 Å². The van der Waals surface area contributed by atoms with Crippen molar-refractivity contribution in [2.75, 3.05) is 4.72 Å². The summed E-state index contributed by atoms with van der Waals surface area (Å²) in [6.45, 7) is 13.6. The van der Waals surface area contributed by atoms with E-state index in [-0.39, 0.29) is 0 Å². The standard InChI is InChI=1S/C19H25NO2S/c1-11-9-8-10-12(2)18(11)20-23(21,22)19-16(6)14(4)13(3)15(5)17(19)7/h8-10,20H,1-7H3. The largest absolute Gasteiger partial charge is 0.279 e. The zero-order valence-electron chi connectivity index (χ0n) is 15.0. The molecule has 0 fully saturated rings. The van der Waals surface area contributed by atoms with Gasteiger partial charge in [0, 0.05) is 0 Å². The van der Waals surface area contributed by atoms with E-state index in [0.717, 1.165) is 38.9 Å². The van der Waals surface area contributed by atoms with Crippen molar-refractivity contribution >= 4 is 15.7 Å². The number of nitrogens with one attached hydrogen (secondary N) is 1. The minimum absolute atomic E-state index is 0.403. The van der Waals surface area contributed by atoms with E-state index in [2.05, 4.69) is 4.72 Å². The van der Waals surface area contributed by atoms with Gasteiger partial charge in [0.1, 0.15) is 0 Å². The molecule has 0 saturated heterocycles. The summed E-state index contributed by atoms with van der Waals surface area (Å²) in [5.74, 6) is 0. The van der Waals surface area contributed by atoms with Crippen LogP contribution in [0.4, 0.5) is 5.69 Å². The van der Waals surface area contributed by atoms with Gasteiger partial charge in [0.2, 0.25) is 0 Å². The molecule has 0 aliphatic rings. The van der Waals surface area contributed by atoms with Gasteiger partial charge in [-0.1, -0.05) is 18.2 Å². The molecule has 0 bridgehead atoms. The van der Waals surface area contributed by atoms with Crippen molar-refractivity contribution in [2.24, 2.45) is 0 Å². The normalized spacial score (nSPS) is 11.6. The van der Waals surface area contributed by atoms with Gasteiger partial charge in [-0.05, 0) is 87.4 Å². The maximum absolute atomic E-state index is 13.1. The highest BCUT2D eigenvalue weighted by Gasteiger charge is 2.24. The molecule has 0 saturated carbocycles. The number of hydrogen-bond acceptors (Lipinski definition) is 2. The molecule has 3 nitrogen and oxygen atoms in total. The number of rotatable bonds is 3. The summed E-state index contributed by atoms with van der Waals surface area (Å²) < 4.78 is 28.9. The van der Waals surface area contributed by atoms with E-state index in [9.17, 15) is 8.42 Å². The molecule has 0 unspecified atom stereocenters. The SMILES string of the molecule is Cc1cccc(C)c1NS(=O)(=O)c1c(C)c(C)c(C)c(C)c1C. The van der Waals surface area contributed by atoms with Crippen LogP contribution in [0.15, 0.2) is 23.1 Å². The van der Waals surface area contributed by atoms with Crippen molar-refractivity contribution in [1.29, 1.82) is 0 Å². The van der Waals surface area contributed by atoms with Gasteiger partial charge in [-0.3, -0.25) is 4.72 Å². The van der Waals surface area contributed by atoms with Crippen LogP contribution in [-0.4, -0.2) is 8.42 Å². The lowest BCUT2D eigenvalue weighted by atomic mass is 9.95. The first-order chi connectivity index (χ1) is 10.6. The van der Waals surface area contributed by atoms with Crippen molar-refractivity contribution in [3.8, 4) is 0 Å². The molecule has 4 heteroatoms. The maximum atomic E-state index is 13.1. The Balaban J connectivity index is 2.67.